The molecule has 0 radical (unpaired) electrons. The summed E-state index contributed by atoms with van der Waals surface area (Å²) >= 11 is 3.19. The summed E-state index contributed by atoms with van der Waals surface area (Å²) < 4.78 is 0.781. The Labute approximate surface area is 67.4 Å². The molecular weight excluding hydrogens is 198 g/mol. The molecule has 0 fully saturated rings. The van der Waals surface area contributed by atoms with E-state index in [-0.39, 0.29) is 4.92 Å². The van der Waals surface area contributed by atoms with E-state index >= 15 is 0 Å². The monoisotopic (exact) mass is 205 g/mol. The van der Waals surface area contributed by atoms with Crippen molar-refractivity contribution in [2.45, 2.75) is 25.7 Å². The smallest absolute Gasteiger partial charge is 0.256 e. The maximum absolute atomic E-state index is 10.3. The van der Waals surface area contributed by atoms with E-state index in [2.05, 4.69) is 15.9 Å². The number of rotatable bonds is 1. The van der Waals surface area contributed by atoms with E-state index in [1.165, 1.54) is 0 Å². The quantitative estimate of drug-likeness (QED) is 0.488. The molecule has 0 aromatic carbocycles. The number of hydrogen-bond donors (Lipinski definition) is 0. The number of halogens is 1. The van der Waals surface area contributed by atoms with Crippen LogP contribution in [0.25, 0.3) is 0 Å². The lowest BCUT2D eigenvalue weighted by atomic mass is 10.1. The number of nitrogens with zero attached hydrogens (tertiary/aromatic N) is 1. The molecule has 0 spiro atoms. The minimum Gasteiger partial charge on any atom is -0.259 e. The van der Waals surface area contributed by atoms with Gasteiger partial charge in [-0.05, 0) is 35.2 Å². The van der Waals surface area contributed by atoms with Gasteiger partial charge in [-0.1, -0.05) is 0 Å². The second kappa shape index (κ2) is 3.14. The molecule has 0 atom stereocenters. The van der Waals surface area contributed by atoms with Crippen molar-refractivity contribution >= 4 is 15.9 Å². The SMILES string of the molecule is O=[N+]([O-])C1=C(Br)CCCC1. The summed E-state index contributed by atoms with van der Waals surface area (Å²) in [4.78, 5) is 9.99. The molecule has 1 aliphatic rings. The summed E-state index contributed by atoms with van der Waals surface area (Å²) in [6, 6.07) is 0. The van der Waals surface area contributed by atoms with Crippen molar-refractivity contribution in [3.63, 3.8) is 0 Å². The molecule has 0 unspecified atom stereocenters. The minimum absolute atomic E-state index is 0.288. The van der Waals surface area contributed by atoms with Crippen LogP contribution in [-0.2, 0) is 0 Å². The molecule has 0 N–H and O–H groups in total. The highest BCUT2D eigenvalue weighted by atomic mass is 79.9. The number of nitro groups is 1. The third kappa shape index (κ3) is 1.56. The molecule has 10 heavy (non-hydrogen) atoms. The lowest BCUT2D eigenvalue weighted by Crippen LogP contribution is -2.04. The van der Waals surface area contributed by atoms with Gasteiger partial charge in [-0.3, -0.25) is 10.1 Å². The van der Waals surface area contributed by atoms with Gasteiger partial charge in [-0.2, -0.15) is 0 Å². The Balaban J connectivity index is 2.78. The molecule has 0 saturated carbocycles. The van der Waals surface area contributed by atoms with Crippen molar-refractivity contribution in [1.29, 1.82) is 0 Å². The van der Waals surface area contributed by atoms with Gasteiger partial charge in [0.1, 0.15) is 0 Å². The predicted molar refractivity (Wildman–Crippen MR) is 41.4 cm³/mol. The van der Waals surface area contributed by atoms with Crippen LogP contribution in [0.5, 0.6) is 0 Å². The standard InChI is InChI=1S/C6H8BrNO2/c7-5-3-1-2-4-6(5)8(9)10/h1-4H2. The Morgan fingerprint density at radius 1 is 1.40 bits per heavy atom. The maximum atomic E-state index is 10.3. The van der Waals surface area contributed by atoms with E-state index in [9.17, 15) is 10.1 Å². The average Bonchev–Trinajstić information content (AvgIpc) is 1.88. The van der Waals surface area contributed by atoms with Gasteiger partial charge < -0.3 is 0 Å². The van der Waals surface area contributed by atoms with Gasteiger partial charge in [-0.15, -0.1) is 0 Å². The molecule has 0 amide bonds. The Bertz CT molecular complexity index is 188. The fourth-order valence-electron chi connectivity index (χ4n) is 1.04. The van der Waals surface area contributed by atoms with Gasteiger partial charge >= 0.3 is 0 Å². The van der Waals surface area contributed by atoms with Crippen LogP contribution in [0.1, 0.15) is 25.7 Å². The van der Waals surface area contributed by atoms with Crippen molar-refractivity contribution in [1.82, 2.24) is 0 Å². The summed E-state index contributed by atoms with van der Waals surface area (Å²) in [5.74, 6) is 0. The van der Waals surface area contributed by atoms with Crippen molar-refractivity contribution in [3.8, 4) is 0 Å². The summed E-state index contributed by atoms with van der Waals surface area (Å²) in [7, 11) is 0. The lowest BCUT2D eigenvalue weighted by molar-refractivity contribution is -0.429. The molecule has 0 aromatic heterocycles. The average molecular weight is 206 g/mol. The largest absolute Gasteiger partial charge is 0.259 e. The topological polar surface area (TPSA) is 43.1 Å². The zero-order valence-electron chi connectivity index (χ0n) is 5.47. The first-order chi connectivity index (χ1) is 4.72. The number of allylic oxidation sites excluding steroid dienone is 2. The number of hydrogen-bond acceptors (Lipinski definition) is 2. The Morgan fingerprint density at radius 3 is 2.40 bits per heavy atom. The zero-order valence-corrected chi connectivity index (χ0v) is 7.06. The zero-order chi connectivity index (χ0) is 7.56. The van der Waals surface area contributed by atoms with Crippen LogP contribution >= 0.6 is 15.9 Å². The van der Waals surface area contributed by atoms with E-state index < -0.39 is 0 Å². The molecule has 0 saturated heterocycles. The highest BCUT2D eigenvalue weighted by molar-refractivity contribution is 9.11. The third-order valence-corrected chi connectivity index (χ3v) is 2.45. The predicted octanol–water partition coefficient (Wildman–Crippen LogP) is 2.44. The molecular formula is C6H8BrNO2. The van der Waals surface area contributed by atoms with Crippen molar-refractivity contribution in [2.24, 2.45) is 0 Å². The van der Waals surface area contributed by atoms with Crippen LogP contribution in [0.15, 0.2) is 10.2 Å². The van der Waals surface area contributed by atoms with Crippen LogP contribution in [-0.4, -0.2) is 4.92 Å². The van der Waals surface area contributed by atoms with Gasteiger partial charge in [-0.25, -0.2) is 0 Å². The first-order valence-corrected chi connectivity index (χ1v) is 4.03. The van der Waals surface area contributed by atoms with Crippen molar-refractivity contribution in [2.75, 3.05) is 0 Å². The van der Waals surface area contributed by atoms with E-state index in [4.69, 9.17) is 0 Å². The second-order valence-corrected chi connectivity index (χ2v) is 3.27. The van der Waals surface area contributed by atoms with Gasteiger partial charge in [0.25, 0.3) is 5.70 Å². The molecule has 56 valence electrons. The Morgan fingerprint density at radius 2 is 2.00 bits per heavy atom. The molecule has 4 heteroatoms. The molecule has 0 aromatic rings. The molecule has 1 rings (SSSR count). The van der Waals surface area contributed by atoms with Gasteiger partial charge in [0.05, 0.1) is 9.41 Å². The molecule has 1 aliphatic carbocycles. The molecule has 0 aliphatic heterocycles. The highest BCUT2D eigenvalue weighted by Crippen LogP contribution is 2.28. The Kier molecular flexibility index (Phi) is 2.43. The van der Waals surface area contributed by atoms with Crippen molar-refractivity contribution < 1.29 is 4.92 Å². The van der Waals surface area contributed by atoms with Gasteiger partial charge in [0.15, 0.2) is 0 Å². The van der Waals surface area contributed by atoms with E-state index in [0.29, 0.717) is 12.1 Å². The fraction of sp³-hybridized carbons (Fsp3) is 0.667. The normalized spacial score (nSPS) is 19.3. The molecule has 0 bridgehead atoms. The summed E-state index contributed by atoms with van der Waals surface area (Å²) in [6.45, 7) is 0. The molecule has 3 nitrogen and oxygen atoms in total. The minimum atomic E-state index is -0.288. The van der Waals surface area contributed by atoms with Crippen LogP contribution in [0.4, 0.5) is 0 Å². The van der Waals surface area contributed by atoms with E-state index in [0.717, 1.165) is 23.7 Å². The van der Waals surface area contributed by atoms with Gasteiger partial charge in [0.2, 0.25) is 0 Å². The summed E-state index contributed by atoms with van der Waals surface area (Å²) in [5.41, 5.74) is 0.367. The van der Waals surface area contributed by atoms with Crippen LogP contribution in [0, 0.1) is 10.1 Å². The second-order valence-electron chi connectivity index (χ2n) is 2.32. The first kappa shape index (κ1) is 7.72. The van der Waals surface area contributed by atoms with Crippen LogP contribution in [0.2, 0.25) is 0 Å². The van der Waals surface area contributed by atoms with E-state index in [1.807, 2.05) is 0 Å². The summed E-state index contributed by atoms with van der Waals surface area (Å²) in [5, 5.41) is 10.3. The van der Waals surface area contributed by atoms with Crippen molar-refractivity contribution in [3.05, 3.63) is 20.3 Å². The third-order valence-electron chi connectivity index (χ3n) is 1.59. The molecule has 0 heterocycles. The van der Waals surface area contributed by atoms with Gasteiger partial charge in [0, 0.05) is 6.42 Å². The van der Waals surface area contributed by atoms with E-state index in [1.54, 1.807) is 0 Å². The lowest BCUT2D eigenvalue weighted by Gasteiger charge is -2.07. The summed E-state index contributed by atoms with van der Waals surface area (Å²) in [6.07, 6.45) is 3.47. The highest BCUT2D eigenvalue weighted by Gasteiger charge is 2.19. The Hall–Kier alpha value is -0.380. The van der Waals surface area contributed by atoms with Crippen LogP contribution < -0.4 is 0 Å². The first-order valence-electron chi connectivity index (χ1n) is 3.23. The maximum Gasteiger partial charge on any atom is 0.256 e. The fourth-order valence-corrected chi connectivity index (χ4v) is 1.67. The van der Waals surface area contributed by atoms with Crippen LogP contribution in [0.3, 0.4) is 0 Å².